The number of halogens is 2. The third-order valence-corrected chi connectivity index (χ3v) is 4.28. The van der Waals surface area contributed by atoms with Crippen molar-refractivity contribution in [2.45, 2.75) is 19.9 Å². The molecule has 2 aromatic carbocycles. The van der Waals surface area contributed by atoms with E-state index in [4.69, 9.17) is 0 Å². The van der Waals surface area contributed by atoms with Crippen LogP contribution in [0.5, 0.6) is 0 Å². The van der Waals surface area contributed by atoms with Crippen molar-refractivity contribution < 1.29 is 4.79 Å². The molecule has 4 heteroatoms. The fourth-order valence-electron chi connectivity index (χ4n) is 1.88. The highest BCUT2D eigenvalue weighted by Gasteiger charge is 2.14. The van der Waals surface area contributed by atoms with E-state index in [1.165, 1.54) is 5.56 Å². The zero-order valence-electron chi connectivity index (χ0n) is 11.3. The zero-order valence-corrected chi connectivity index (χ0v) is 14.5. The minimum atomic E-state index is -0.0914. The van der Waals surface area contributed by atoms with Gasteiger partial charge in [0, 0.05) is 8.95 Å². The molecule has 0 fully saturated rings. The Labute approximate surface area is 135 Å². The predicted octanol–water partition coefficient (Wildman–Crippen LogP) is 5.01. The van der Waals surface area contributed by atoms with Gasteiger partial charge in [-0.1, -0.05) is 45.8 Å². The number of aryl methyl sites for hydroxylation is 1. The molecule has 1 N–H and O–H groups in total. The van der Waals surface area contributed by atoms with Crippen LogP contribution in [-0.2, 0) is 0 Å². The number of carbonyl (C=O) groups is 1. The van der Waals surface area contributed by atoms with Crippen LogP contribution >= 0.6 is 31.9 Å². The number of nitrogens with one attached hydrogen (secondary N) is 1. The summed E-state index contributed by atoms with van der Waals surface area (Å²) >= 11 is 6.79. The summed E-state index contributed by atoms with van der Waals surface area (Å²) in [6.45, 7) is 4.03. The van der Waals surface area contributed by atoms with Gasteiger partial charge in [-0.05, 0) is 53.5 Å². The molecule has 0 aliphatic rings. The highest BCUT2D eigenvalue weighted by molar-refractivity contribution is 9.11. The van der Waals surface area contributed by atoms with Crippen molar-refractivity contribution in [1.29, 1.82) is 0 Å². The Bertz CT molecular complexity index is 623. The maximum atomic E-state index is 12.3. The van der Waals surface area contributed by atoms with E-state index >= 15 is 0 Å². The van der Waals surface area contributed by atoms with E-state index in [1.54, 1.807) is 6.07 Å². The number of carbonyl (C=O) groups excluding carboxylic acids is 1. The first-order chi connectivity index (χ1) is 9.47. The SMILES string of the molecule is Cc1ccc(C(C)NC(=O)c2cc(Br)ccc2Br)cc1. The molecule has 1 atom stereocenters. The first kappa shape index (κ1) is 15.3. The molecule has 0 aliphatic heterocycles. The van der Waals surface area contributed by atoms with E-state index in [9.17, 15) is 4.79 Å². The van der Waals surface area contributed by atoms with Crippen molar-refractivity contribution >= 4 is 37.8 Å². The van der Waals surface area contributed by atoms with Crippen LogP contribution in [0, 0.1) is 6.92 Å². The summed E-state index contributed by atoms with van der Waals surface area (Å²) in [4.78, 5) is 12.3. The van der Waals surface area contributed by atoms with Gasteiger partial charge in [-0.15, -0.1) is 0 Å². The second-order valence-corrected chi connectivity index (χ2v) is 6.50. The van der Waals surface area contributed by atoms with Crippen molar-refractivity contribution in [3.8, 4) is 0 Å². The molecule has 20 heavy (non-hydrogen) atoms. The third kappa shape index (κ3) is 3.70. The predicted molar refractivity (Wildman–Crippen MR) is 88.9 cm³/mol. The van der Waals surface area contributed by atoms with Crippen molar-refractivity contribution in [2.75, 3.05) is 0 Å². The highest BCUT2D eigenvalue weighted by atomic mass is 79.9. The largest absolute Gasteiger partial charge is 0.345 e. The first-order valence-corrected chi connectivity index (χ1v) is 7.88. The summed E-state index contributed by atoms with van der Waals surface area (Å²) in [6, 6.07) is 13.7. The maximum Gasteiger partial charge on any atom is 0.252 e. The van der Waals surface area contributed by atoms with Crippen LogP contribution in [0.4, 0.5) is 0 Å². The second kappa shape index (κ2) is 6.55. The Kier molecular flexibility index (Phi) is 5.00. The topological polar surface area (TPSA) is 29.1 Å². The van der Waals surface area contributed by atoms with Crippen LogP contribution in [0.3, 0.4) is 0 Å². The van der Waals surface area contributed by atoms with Gasteiger partial charge >= 0.3 is 0 Å². The summed E-state index contributed by atoms with van der Waals surface area (Å²) in [7, 11) is 0. The molecule has 1 unspecified atom stereocenters. The van der Waals surface area contributed by atoms with Gasteiger partial charge in [0.15, 0.2) is 0 Å². The average Bonchev–Trinajstić information content (AvgIpc) is 2.42. The molecule has 0 saturated carbocycles. The normalized spacial score (nSPS) is 12.0. The van der Waals surface area contributed by atoms with Gasteiger partial charge in [-0.25, -0.2) is 0 Å². The van der Waals surface area contributed by atoms with Crippen LogP contribution in [0.25, 0.3) is 0 Å². The molecule has 2 aromatic rings. The monoisotopic (exact) mass is 395 g/mol. The smallest absolute Gasteiger partial charge is 0.252 e. The summed E-state index contributed by atoms with van der Waals surface area (Å²) in [6.07, 6.45) is 0. The van der Waals surface area contributed by atoms with Gasteiger partial charge in [-0.2, -0.15) is 0 Å². The van der Waals surface area contributed by atoms with Crippen LogP contribution < -0.4 is 5.32 Å². The molecule has 0 bridgehead atoms. The Morgan fingerprint density at radius 3 is 2.40 bits per heavy atom. The number of hydrogen-bond acceptors (Lipinski definition) is 1. The minimum absolute atomic E-state index is 0.0334. The van der Waals surface area contributed by atoms with E-state index in [-0.39, 0.29) is 11.9 Å². The third-order valence-electron chi connectivity index (χ3n) is 3.10. The molecular formula is C16H15Br2NO. The molecule has 0 radical (unpaired) electrons. The highest BCUT2D eigenvalue weighted by Crippen LogP contribution is 2.22. The quantitative estimate of drug-likeness (QED) is 0.775. The van der Waals surface area contributed by atoms with E-state index in [1.807, 2.05) is 50.2 Å². The van der Waals surface area contributed by atoms with Crippen molar-refractivity contribution in [2.24, 2.45) is 0 Å². The average molecular weight is 397 g/mol. The van der Waals surface area contributed by atoms with Crippen molar-refractivity contribution in [3.63, 3.8) is 0 Å². The standard InChI is InChI=1S/C16H15Br2NO/c1-10-3-5-12(6-4-10)11(2)19-16(20)14-9-13(17)7-8-15(14)18/h3-9,11H,1-2H3,(H,19,20). The van der Waals surface area contributed by atoms with Gasteiger partial charge < -0.3 is 5.32 Å². The van der Waals surface area contributed by atoms with E-state index < -0.39 is 0 Å². The molecule has 2 rings (SSSR count). The van der Waals surface area contributed by atoms with Gasteiger partial charge in [-0.3, -0.25) is 4.79 Å². The van der Waals surface area contributed by atoms with Crippen molar-refractivity contribution in [1.82, 2.24) is 5.32 Å². The molecule has 1 amide bonds. The number of hydrogen-bond donors (Lipinski definition) is 1. The molecule has 0 aliphatic carbocycles. The Balaban J connectivity index is 2.15. The maximum absolute atomic E-state index is 12.3. The van der Waals surface area contributed by atoms with Crippen LogP contribution in [0.2, 0.25) is 0 Å². The van der Waals surface area contributed by atoms with Crippen LogP contribution in [0.1, 0.15) is 34.5 Å². The second-order valence-electron chi connectivity index (χ2n) is 4.73. The van der Waals surface area contributed by atoms with Gasteiger partial charge in [0.05, 0.1) is 11.6 Å². The minimum Gasteiger partial charge on any atom is -0.345 e. The van der Waals surface area contributed by atoms with Crippen LogP contribution in [0.15, 0.2) is 51.4 Å². The first-order valence-electron chi connectivity index (χ1n) is 6.30. The fraction of sp³-hybridized carbons (Fsp3) is 0.188. The molecule has 0 heterocycles. The number of benzene rings is 2. The molecule has 0 aromatic heterocycles. The molecule has 0 spiro atoms. The van der Waals surface area contributed by atoms with E-state index in [2.05, 4.69) is 37.2 Å². The number of amides is 1. The Morgan fingerprint density at radius 2 is 1.75 bits per heavy atom. The van der Waals surface area contributed by atoms with Gasteiger partial charge in [0.1, 0.15) is 0 Å². The van der Waals surface area contributed by atoms with Gasteiger partial charge in [0.25, 0.3) is 5.91 Å². The Hall–Kier alpha value is -1.13. The lowest BCUT2D eigenvalue weighted by atomic mass is 10.1. The van der Waals surface area contributed by atoms with Crippen LogP contribution in [-0.4, -0.2) is 5.91 Å². The lowest BCUT2D eigenvalue weighted by molar-refractivity contribution is 0.0939. The summed E-state index contributed by atoms with van der Waals surface area (Å²) < 4.78 is 1.67. The summed E-state index contributed by atoms with van der Waals surface area (Å²) in [5.74, 6) is -0.0914. The molecule has 104 valence electrons. The van der Waals surface area contributed by atoms with E-state index in [0.717, 1.165) is 14.5 Å². The molecule has 2 nitrogen and oxygen atoms in total. The molecular weight excluding hydrogens is 382 g/mol. The lowest BCUT2D eigenvalue weighted by Gasteiger charge is -2.15. The van der Waals surface area contributed by atoms with Gasteiger partial charge in [0.2, 0.25) is 0 Å². The van der Waals surface area contributed by atoms with E-state index in [0.29, 0.717) is 5.56 Å². The summed E-state index contributed by atoms with van der Waals surface area (Å²) in [5.41, 5.74) is 2.93. The molecule has 0 saturated heterocycles. The zero-order chi connectivity index (χ0) is 14.7. The lowest BCUT2D eigenvalue weighted by Crippen LogP contribution is -2.26. The summed E-state index contributed by atoms with van der Waals surface area (Å²) in [5, 5.41) is 3.01. The number of rotatable bonds is 3. The Morgan fingerprint density at radius 1 is 1.10 bits per heavy atom. The van der Waals surface area contributed by atoms with Crippen molar-refractivity contribution in [3.05, 3.63) is 68.1 Å². The fourth-order valence-corrected chi connectivity index (χ4v) is 2.67.